The molecule has 0 unspecified atom stereocenters. The Bertz CT molecular complexity index is 1630. The zero-order valence-corrected chi connectivity index (χ0v) is 20.7. The van der Waals surface area contributed by atoms with Crippen LogP contribution in [0.15, 0.2) is 65.2 Å². The van der Waals surface area contributed by atoms with Crippen LogP contribution in [0.2, 0.25) is 0 Å². The Balaban J connectivity index is 1.76. The highest BCUT2D eigenvalue weighted by molar-refractivity contribution is 6.01. The predicted octanol–water partition coefficient (Wildman–Crippen LogP) is 4.70. The first-order valence-corrected chi connectivity index (χ1v) is 11.7. The molecule has 0 bridgehead atoms. The van der Waals surface area contributed by atoms with Gasteiger partial charge in [0.15, 0.2) is 0 Å². The van der Waals surface area contributed by atoms with Crippen LogP contribution in [0, 0.1) is 11.3 Å². The van der Waals surface area contributed by atoms with Crippen LogP contribution in [-0.4, -0.2) is 37.6 Å². The van der Waals surface area contributed by atoms with Gasteiger partial charge in [-0.05, 0) is 57.0 Å². The summed E-state index contributed by atoms with van der Waals surface area (Å²) in [4.78, 5) is 25.2. The van der Waals surface area contributed by atoms with Gasteiger partial charge in [0.1, 0.15) is 11.0 Å². The van der Waals surface area contributed by atoms with Crippen molar-refractivity contribution in [1.29, 1.82) is 5.26 Å². The van der Waals surface area contributed by atoms with Gasteiger partial charge in [-0.15, -0.1) is 0 Å². The molecular weight excluding hydrogens is 436 g/mol. The number of imidazole rings is 1. The Labute approximate surface area is 204 Å². The van der Waals surface area contributed by atoms with Crippen molar-refractivity contribution in [3.63, 3.8) is 0 Å². The molecule has 0 saturated heterocycles. The summed E-state index contributed by atoms with van der Waals surface area (Å²) in [5, 5.41) is 9.49. The number of nitrogens with zero attached hydrogens (tertiary/aromatic N) is 6. The van der Waals surface area contributed by atoms with Gasteiger partial charge < -0.3 is 4.90 Å². The number of pyridine rings is 2. The van der Waals surface area contributed by atoms with Crippen molar-refractivity contribution < 1.29 is 0 Å². The molecule has 7 heteroatoms. The van der Waals surface area contributed by atoms with Gasteiger partial charge in [-0.3, -0.25) is 14.1 Å². The normalized spacial score (nSPS) is 14.6. The SMILES string of the molecule is CC1=CC(c2ccc3ncc4c(c3n2)n(-c2ccc(C(C)(C)C#N)cc2)c(=O)n4C)=CN(C)CC1. The minimum absolute atomic E-state index is 0.169. The van der Waals surface area contributed by atoms with Crippen LogP contribution in [0.3, 0.4) is 0 Å². The Morgan fingerprint density at radius 1 is 1.09 bits per heavy atom. The van der Waals surface area contributed by atoms with Crippen LogP contribution >= 0.6 is 0 Å². The highest BCUT2D eigenvalue weighted by Gasteiger charge is 2.21. The van der Waals surface area contributed by atoms with Gasteiger partial charge in [-0.25, -0.2) is 9.78 Å². The maximum atomic E-state index is 13.4. The molecule has 0 N–H and O–H groups in total. The molecule has 4 heterocycles. The fourth-order valence-corrected chi connectivity index (χ4v) is 4.52. The minimum atomic E-state index is -0.611. The van der Waals surface area contributed by atoms with Crippen molar-refractivity contribution >= 4 is 27.6 Å². The smallest absolute Gasteiger partial charge is 0.333 e. The highest BCUT2D eigenvalue weighted by Crippen LogP contribution is 2.29. The van der Waals surface area contributed by atoms with Gasteiger partial charge in [0, 0.05) is 32.4 Å². The van der Waals surface area contributed by atoms with E-state index in [1.165, 1.54) is 5.57 Å². The molecule has 0 saturated carbocycles. The molecule has 3 aromatic heterocycles. The third-order valence-electron chi connectivity index (χ3n) is 6.77. The molecule has 1 aromatic carbocycles. The summed E-state index contributed by atoms with van der Waals surface area (Å²) in [6.07, 6.45) is 7.03. The molecule has 0 aliphatic carbocycles. The fraction of sp³-hybridized carbons (Fsp3) is 0.286. The molecule has 4 aromatic rings. The van der Waals surface area contributed by atoms with Crippen LogP contribution in [0.1, 0.15) is 38.4 Å². The van der Waals surface area contributed by atoms with E-state index in [0.717, 1.165) is 46.5 Å². The summed E-state index contributed by atoms with van der Waals surface area (Å²) in [5.74, 6) is 0. The highest BCUT2D eigenvalue weighted by atomic mass is 16.1. The quantitative estimate of drug-likeness (QED) is 0.439. The lowest BCUT2D eigenvalue weighted by Crippen LogP contribution is -2.21. The summed E-state index contributed by atoms with van der Waals surface area (Å²) in [5.41, 5.74) is 6.87. The largest absolute Gasteiger partial charge is 0.380 e. The molecule has 5 rings (SSSR count). The summed E-state index contributed by atoms with van der Waals surface area (Å²) >= 11 is 0. The van der Waals surface area contributed by atoms with Gasteiger partial charge in [-0.1, -0.05) is 23.8 Å². The van der Waals surface area contributed by atoms with E-state index in [9.17, 15) is 10.1 Å². The molecule has 0 fully saturated rings. The van der Waals surface area contributed by atoms with E-state index in [1.54, 1.807) is 22.4 Å². The Hall–Kier alpha value is -4.18. The monoisotopic (exact) mass is 464 g/mol. The van der Waals surface area contributed by atoms with Gasteiger partial charge in [0.05, 0.1) is 40.1 Å². The summed E-state index contributed by atoms with van der Waals surface area (Å²) < 4.78 is 3.29. The number of aryl methyl sites for hydroxylation is 1. The van der Waals surface area contributed by atoms with Gasteiger partial charge >= 0.3 is 5.69 Å². The Kier molecular flexibility index (Phi) is 5.32. The predicted molar refractivity (Wildman–Crippen MR) is 139 cm³/mol. The van der Waals surface area contributed by atoms with Gasteiger partial charge in [-0.2, -0.15) is 5.26 Å². The number of hydrogen-bond acceptors (Lipinski definition) is 5. The first-order valence-electron chi connectivity index (χ1n) is 11.7. The van der Waals surface area contributed by atoms with E-state index in [2.05, 4.69) is 42.2 Å². The molecule has 0 radical (unpaired) electrons. The maximum Gasteiger partial charge on any atom is 0.333 e. The first-order chi connectivity index (χ1) is 16.7. The lowest BCUT2D eigenvalue weighted by molar-refractivity contribution is 0.464. The number of hydrogen-bond donors (Lipinski definition) is 0. The number of benzene rings is 1. The average Bonchev–Trinajstić information content (AvgIpc) is 2.99. The van der Waals surface area contributed by atoms with Crippen molar-refractivity contribution in [3.8, 4) is 11.8 Å². The van der Waals surface area contributed by atoms with Crippen molar-refractivity contribution in [2.45, 2.75) is 32.6 Å². The number of allylic oxidation sites excluding steroid dienone is 2. The molecular formula is C28H28N6O. The molecule has 0 atom stereocenters. The third-order valence-corrected chi connectivity index (χ3v) is 6.77. The van der Waals surface area contributed by atoms with Crippen LogP contribution in [0.5, 0.6) is 0 Å². The molecule has 0 amide bonds. The maximum absolute atomic E-state index is 13.4. The topological polar surface area (TPSA) is 79.7 Å². The second kappa shape index (κ2) is 8.24. The van der Waals surface area contributed by atoms with Gasteiger partial charge in [0.2, 0.25) is 0 Å². The van der Waals surface area contributed by atoms with Crippen LogP contribution < -0.4 is 5.69 Å². The van der Waals surface area contributed by atoms with E-state index < -0.39 is 5.41 Å². The average molecular weight is 465 g/mol. The van der Waals surface area contributed by atoms with E-state index in [0.29, 0.717) is 11.0 Å². The standard InChI is InChI=1S/C28H28N6O/c1-18-12-13-32(4)16-19(14-18)22-10-11-23-25(31-22)26-24(15-30-23)33(5)27(35)34(26)21-8-6-20(7-9-21)28(2,3)17-29/h6-11,14-16H,12-13H2,1-5H3. The lowest BCUT2D eigenvalue weighted by Gasteiger charge is -2.16. The molecule has 176 valence electrons. The molecule has 7 nitrogen and oxygen atoms in total. The van der Waals surface area contributed by atoms with Crippen molar-refractivity contribution in [2.75, 3.05) is 13.6 Å². The van der Waals surface area contributed by atoms with Crippen molar-refractivity contribution in [2.24, 2.45) is 7.05 Å². The summed E-state index contributed by atoms with van der Waals surface area (Å²) in [6, 6.07) is 13.9. The van der Waals surface area contributed by atoms with Crippen LogP contribution in [0.4, 0.5) is 0 Å². The van der Waals surface area contributed by atoms with Crippen LogP contribution in [0.25, 0.3) is 33.3 Å². The van der Waals surface area contributed by atoms with E-state index in [1.807, 2.05) is 50.2 Å². The number of aromatic nitrogens is 4. The Morgan fingerprint density at radius 3 is 2.54 bits per heavy atom. The summed E-state index contributed by atoms with van der Waals surface area (Å²) in [7, 11) is 3.82. The molecule has 0 spiro atoms. The first kappa shape index (κ1) is 22.6. The van der Waals surface area contributed by atoms with Crippen LogP contribution in [-0.2, 0) is 12.5 Å². The fourth-order valence-electron chi connectivity index (χ4n) is 4.52. The lowest BCUT2D eigenvalue weighted by atomic mass is 9.86. The molecule has 1 aliphatic rings. The molecule has 35 heavy (non-hydrogen) atoms. The number of fused-ring (bicyclic) bond motifs is 3. The zero-order chi connectivity index (χ0) is 24.9. The van der Waals surface area contributed by atoms with E-state index in [4.69, 9.17) is 4.98 Å². The number of nitriles is 1. The van der Waals surface area contributed by atoms with E-state index >= 15 is 0 Å². The van der Waals surface area contributed by atoms with Gasteiger partial charge in [0.25, 0.3) is 0 Å². The number of rotatable bonds is 3. The second-order valence-electron chi connectivity index (χ2n) is 9.82. The third kappa shape index (κ3) is 3.81. The zero-order valence-electron chi connectivity index (χ0n) is 20.7. The van der Waals surface area contributed by atoms with Crippen molar-refractivity contribution in [3.05, 3.63) is 82.2 Å². The minimum Gasteiger partial charge on any atom is -0.380 e. The Morgan fingerprint density at radius 2 is 1.83 bits per heavy atom. The second-order valence-corrected chi connectivity index (χ2v) is 9.82. The van der Waals surface area contributed by atoms with Crippen molar-refractivity contribution in [1.82, 2.24) is 24.0 Å². The van der Waals surface area contributed by atoms with E-state index in [-0.39, 0.29) is 5.69 Å². The summed E-state index contributed by atoms with van der Waals surface area (Å²) in [6.45, 7) is 6.86. The molecule has 1 aliphatic heterocycles.